The second kappa shape index (κ2) is 11.4. The number of rotatable bonds is 5. The number of carbonyl (C=O) groups excluding carboxylic acids is 3. The first-order valence-electron chi connectivity index (χ1n) is 12.2. The van der Waals surface area contributed by atoms with Crippen LogP contribution in [0.1, 0.15) is 32.6 Å². The molecular weight excluding hydrogens is 458 g/mol. The highest BCUT2D eigenvalue weighted by Gasteiger charge is 2.38. The highest BCUT2D eigenvalue weighted by atomic mass is 35.5. The van der Waals surface area contributed by atoms with Crippen LogP contribution in [0.15, 0.2) is 24.3 Å². The summed E-state index contributed by atoms with van der Waals surface area (Å²) in [7, 11) is 0. The number of hydrogen-bond acceptors (Lipinski definition) is 5. The maximum absolute atomic E-state index is 13.3. The summed E-state index contributed by atoms with van der Waals surface area (Å²) in [5.74, 6) is 0.774. The number of ether oxygens (including phenoxy) is 2. The van der Waals surface area contributed by atoms with Gasteiger partial charge >= 0.3 is 0 Å². The number of likely N-dealkylation sites (tertiary alicyclic amines) is 2. The zero-order valence-corrected chi connectivity index (χ0v) is 20.5. The summed E-state index contributed by atoms with van der Waals surface area (Å²) in [4.78, 5) is 43.6. The van der Waals surface area contributed by atoms with Gasteiger partial charge in [-0.15, -0.1) is 0 Å². The van der Waals surface area contributed by atoms with Crippen LogP contribution in [0.5, 0.6) is 5.75 Å². The molecule has 4 rings (SSSR count). The molecule has 2 atom stereocenters. The number of benzene rings is 1. The van der Waals surface area contributed by atoms with Crippen molar-refractivity contribution >= 4 is 29.3 Å². The Balaban J connectivity index is 1.42. The van der Waals surface area contributed by atoms with Crippen LogP contribution in [0.25, 0.3) is 0 Å². The number of halogens is 1. The van der Waals surface area contributed by atoms with Crippen molar-refractivity contribution in [3.05, 3.63) is 29.3 Å². The fourth-order valence-corrected chi connectivity index (χ4v) is 5.32. The lowest BCUT2D eigenvalue weighted by atomic mass is 9.88. The molecule has 0 unspecified atom stereocenters. The molecule has 34 heavy (non-hydrogen) atoms. The second-order valence-corrected chi connectivity index (χ2v) is 9.86. The Morgan fingerprint density at radius 2 is 1.71 bits per heavy atom. The molecule has 0 aromatic heterocycles. The predicted octanol–water partition coefficient (Wildman–Crippen LogP) is 2.44. The van der Waals surface area contributed by atoms with Crippen LogP contribution in [-0.2, 0) is 19.1 Å². The van der Waals surface area contributed by atoms with E-state index in [9.17, 15) is 14.4 Å². The van der Waals surface area contributed by atoms with Gasteiger partial charge in [-0.1, -0.05) is 17.7 Å². The van der Waals surface area contributed by atoms with Gasteiger partial charge in [-0.3, -0.25) is 14.4 Å². The van der Waals surface area contributed by atoms with E-state index in [0.717, 1.165) is 0 Å². The molecule has 0 N–H and O–H groups in total. The lowest BCUT2D eigenvalue weighted by molar-refractivity contribution is -0.145. The lowest BCUT2D eigenvalue weighted by Gasteiger charge is -2.41. The van der Waals surface area contributed by atoms with Crippen molar-refractivity contribution in [2.45, 2.75) is 38.7 Å². The van der Waals surface area contributed by atoms with Crippen LogP contribution >= 0.6 is 11.6 Å². The largest absolute Gasteiger partial charge is 0.490 e. The molecule has 0 aliphatic carbocycles. The van der Waals surface area contributed by atoms with Crippen molar-refractivity contribution in [3.63, 3.8) is 0 Å². The first-order chi connectivity index (χ1) is 16.4. The van der Waals surface area contributed by atoms with Crippen LogP contribution in [0.2, 0.25) is 5.02 Å². The number of piperidine rings is 2. The van der Waals surface area contributed by atoms with Crippen molar-refractivity contribution in [3.8, 4) is 5.75 Å². The SMILES string of the molecule is CC(=O)N1CCC(C(=O)N2CC[C@H](Oc3cccc(Cl)c3)[C@@H](CC(=O)N3CCOCC3)C2)CC1. The Morgan fingerprint density at radius 1 is 1.00 bits per heavy atom. The average molecular weight is 492 g/mol. The van der Waals surface area contributed by atoms with Gasteiger partial charge in [0.1, 0.15) is 11.9 Å². The molecule has 3 aliphatic heterocycles. The summed E-state index contributed by atoms with van der Waals surface area (Å²) >= 11 is 6.14. The van der Waals surface area contributed by atoms with Gasteiger partial charge in [-0.25, -0.2) is 0 Å². The number of carbonyl (C=O) groups is 3. The van der Waals surface area contributed by atoms with Crippen LogP contribution in [0, 0.1) is 11.8 Å². The van der Waals surface area contributed by atoms with Gasteiger partial charge in [0.25, 0.3) is 0 Å². The number of amides is 3. The highest BCUT2D eigenvalue weighted by molar-refractivity contribution is 6.30. The molecule has 0 saturated carbocycles. The van der Waals surface area contributed by atoms with Gasteiger partial charge in [0.05, 0.1) is 13.2 Å². The minimum Gasteiger partial charge on any atom is -0.490 e. The van der Waals surface area contributed by atoms with Crippen LogP contribution in [0.3, 0.4) is 0 Å². The van der Waals surface area contributed by atoms with Crippen molar-refractivity contribution in [2.75, 3.05) is 52.5 Å². The maximum Gasteiger partial charge on any atom is 0.225 e. The Labute approximate surface area is 206 Å². The van der Waals surface area contributed by atoms with E-state index < -0.39 is 0 Å². The van der Waals surface area contributed by atoms with E-state index >= 15 is 0 Å². The first kappa shape index (κ1) is 24.8. The van der Waals surface area contributed by atoms with Crippen LogP contribution in [-0.4, -0.2) is 91.0 Å². The van der Waals surface area contributed by atoms with E-state index in [1.165, 1.54) is 0 Å². The van der Waals surface area contributed by atoms with Gasteiger partial charge in [0, 0.05) is 75.9 Å². The second-order valence-electron chi connectivity index (χ2n) is 9.42. The van der Waals surface area contributed by atoms with E-state index in [4.69, 9.17) is 21.1 Å². The summed E-state index contributed by atoms with van der Waals surface area (Å²) in [5, 5.41) is 0.600. The van der Waals surface area contributed by atoms with E-state index in [1.54, 1.807) is 24.0 Å². The van der Waals surface area contributed by atoms with Crippen LogP contribution in [0.4, 0.5) is 0 Å². The number of hydrogen-bond donors (Lipinski definition) is 0. The molecule has 1 aromatic carbocycles. The number of nitrogens with zero attached hydrogens (tertiary/aromatic N) is 3. The molecule has 1 aromatic rings. The van der Waals surface area contributed by atoms with Gasteiger partial charge < -0.3 is 24.2 Å². The minimum absolute atomic E-state index is 0.0616. The Morgan fingerprint density at radius 3 is 2.38 bits per heavy atom. The molecule has 3 aliphatic rings. The normalized spacial score (nSPS) is 24.1. The topological polar surface area (TPSA) is 79.4 Å². The van der Waals surface area contributed by atoms with Crippen molar-refractivity contribution in [1.82, 2.24) is 14.7 Å². The molecule has 0 bridgehead atoms. The highest BCUT2D eigenvalue weighted by Crippen LogP contribution is 2.30. The fourth-order valence-electron chi connectivity index (χ4n) is 5.14. The summed E-state index contributed by atoms with van der Waals surface area (Å²) in [6.45, 7) is 6.23. The van der Waals surface area contributed by atoms with E-state index in [-0.39, 0.29) is 35.7 Å². The lowest BCUT2D eigenvalue weighted by Crippen LogP contribution is -2.52. The molecular formula is C25H34ClN3O5. The minimum atomic E-state index is -0.174. The predicted molar refractivity (Wildman–Crippen MR) is 128 cm³/mol. The molecule has 0 spiro atoms. The van der Waals surface area contributed by atoms with Crippen molar-refractivity contribution < 1.29 is 23.9 Å². The quantitative estimate of drug-likeness (QED) is 0.632. The number of morpholine rings is 1. The molecule has 3 heterocycles. The maximum atomic E-state index is 13.3. The van der Waals surface area contributed by atoms with Gasteiger partial charge in [-0.2, -0.15) is 0 Å². The summed E-state index contributed by atoms with van der Waals surface area (Å²) in [6.07, 6.45) is 2.19. The third-order valence-corrected chi connectivity index (χ3v) is 7.38. The molecule has 0 radical (unpaired) electrons. The zero-order valence-electron chi connectivity index (χ0n) is 19.8. The average Bonchev–Trinajstić information content (AvgIpc) is 2.85. The first-order valence-corrected chi connectivity index (χ1v) is 12.6. The monoisotopic (exact) mass is 491 g/mol. The van der Waals surface area contributed by atoms with Crippen LogP contribution < -0.4 is 4.74 Å². The molecule has 3 fully saturated rings. The smallest absolute Gasteiger partial charge is 0.225 e. The summed E-state index contributed by atoms with van der Waals surface area (Å²) < 4.78 is 11.7. The molecule has 3 saturated heterocycles. The van der Waals surface area contributed by atoms with Crippen molar-refractivity contribution in [2.24, 2.45) is 11.8 Å². The summed E-state index contributed by atoms with van der Waals surface area (Å²) in [6, 6.07) is 7.29. The third-order valence-electron chi connectivity index (χ3n) is 7.15. The van der Waals surface area contributed by atoms with Crippen molar-refractivity contribution in [1.29, 1.82) is 0 Å². The van der Waals surface area contributed by atoms with E-state index in [0.29, 0.717) is 88.9 Å². The van der Waals surface area contributed by atoms with Gasteiger partial charge in [0.15, 0.2) is 0 Å². The fraction of sp³-hybridized carbons (Fsp3) is 0.640. The Bertz CT molecular complexity index is 883. The third kappa shape index (κ3) is 6.21. The van der Waals surface area contributed by atoms with Gasteiger partial charge in [0.2, 0.25) is 17.7 Å². The molecule has 3 amide bonds. The Hall–Kier alpha value is -2.32. The Kier molecular flexibility index (Phi) is 8.32. The van der Waals surface area contributed by atoms with Gasteiger partial charge in [-0.05, 0) is 31.0 Å². The summed E-state index contributed by atoms with van der Waals surface area (Å²) in [5.41, 5.74) is 0. The molecule has 9 heteroatoms. The molecule has 8 nitrogen and oxygen atoms in total. The standard InChI is InChI=1S/C25H34ClN3O5/c1-18(30)27-8-5-19(6-9-27)25(32)29-10-7-23(34-22-4-2-3-21(26)16-22)20(17-29)15-24(31)28-11-13-33-14-12-28/h2-4,16,19-20,23H,5-15,17H2,1H3/t20-,23-/m0/s1. The zero-order chi connectivity index (χ0) is 24.1. The molecule has 186 valence electrons. The van der Waals surface area contributed by atoms with E-state index in [1.807, 2.05) is 21.9 Å². The van der Waals surface area contributed by atoms with E-state index in [2.05, 4.69) is 0 Å².